The first-order valence-corrected chi connectivity index (χ1v) is 6.84. The smallest absolute Gasteiger partial charge is 0.0584 e. The number of aliphatic hydroxyl groups is 1. The molecule has 96 valence electrons. The molecule has 0 radical (unpaired) electrons. The summed E-state index contributed by atoms with van der Waals surface area (Å²) in [5.74, 6) is 0. The molecular weight excluding hydrogens is 292 g/mol. The number of nitrogens with zero attached hydrogens (tertiary/aromatic N) is 2. The van der Waals surface area contributed by atoms with Crippen LogP contribution < -0.4 is 0 Å². The molecule has 0 aliphatic heterocycles. The van der Waals surface area contributed by atoms with E-state index >= 15 is 0 Å². The molecule has 0 bridgehead atoms. The predicted octanol–water partition coefficient (Wildman–Crippen LogP) is 2.72. The first kappa shape index (κ1) is 13.3. The van der Waals surface area contributed by atoms with Gasteiger partial charge in [0.15, 0.2) is 0 Å². The third-order valence-electron chi connectivity index (χ3n) is 3.07. The topological polar surface area (TPSA) is 38.0 Å². The lowest BCUT2D eigenvalue weighted by Gasteiger charge is -2.11. The van der Waals surface area contributed by atoms with Crippen LogP contribution in [-0.4, -0.2) is 21.0 Å². The highest BCUT2D eigenvalue weighted by Crippen LogP contribution is 2.18. The number of aryl methyl sites for hydroxylation is 2. The van der Waals surface area contributed by atoms with Gasteiger partial charge in [-0.15, -0.1) is 0 Å². The Morgan fingerprint density at radius 1 is 1.33 bits per heavy atom. The van der Waals surface area contributed by atoms with E-state index in [-0.39, 0.29) is 6.10 Å². The maximum absolute atomic E-state index is 10.1. The molecule has 0 saturated carbocycles. The van der Waals surface area contributed by atoms with Gasteiger partial charge in [0.1, 0.15) is 0 Å². The van der Waals surface area contributed by atoms with Crippen molar-refractivity contribution in [1.29, 1.82) is 0 Å². The second-order valence-corrected chi connectivity index (χ2v) is 5.29. The number of benzene rings is 1. The van der Waals surface area contributed by atoms with Crippen LogP contribution in [0, 0.1) is 0 Å². The number of rotatable bonds is 5. The van der Waals surface area contributed by atoms with Crippen molar-refractivity contribution in [2.75, 3.05) is 0 Å². The van der Waals surface area contributed by atoms with Crippen LogP contribution in [-0.2, 0) is 19.9 Å². The fourth-order valence-electron chi connectivity index (χ4n) is 1.98. The minimum atomic E-state index is -0.321. The Morgan fingerprint density at radius 2 is 2.11 bits per heavy atom. The molecule has 0 fully saturated rings. The van der Waals surface area contributed by atoms with Crippen molar-refractivity contribution in [2.45, 2.75) is 25.4 Å². The van der Waals surface area contributed by atoms with Gasteiger partial charge >= 0.3 is 0 Å². The summed E-state index contributed by atoms with van der Waals surface area (Å²) in [6.45, 7) is 0. The maximum Gasteiger partial charge on any atom is 0.0584 e. The number of hydrogen-bond acceptors (Lipinski definition) is 2. The van der Waals surface area contributed by atoms with E-state index in [9.17, 15) is 5.11 Å². The lowest BCUT2D eigenvalue weighted by Crippen LogP contribution is -2.13. The molecule has 1 N–H and O–H groups in total. The van der Waals surface area contributed by atoms with Crippen LogP contribution in [0.3, 0.4) is 0 Å². The molecule has 0 spiro atoms. The normalized spacial score (nSPS) is 12.6. The summed E-state index contributed by atoms with van der Waals surface area (Å²) in [6, 6.07) is 10.0. The van der Waals surface area contributed by atoms with E-state index in [1.807, 2.05) is 42.1 Å². The Morgan fingerprint density at radius 3 is 2.78 bits per heavy atom. The fraction of sp³-hybridized carbons (Fsp3) is 0.357. The van der Waals surface area contributed by atoms with Crippen LogP contribution in [0.4, 0.5) is 0 Å². The minimum absolute atomic E-state index is 0.321. The zero-order chi connectivity index (χ0) is 13.0. The van der Waals surface area contributed by atoms with Crippen molar-refractivity contribution in [1.82, 2.24) is 9.78 Å². The third kappa shape index (κ3) is 3.43. The quantitative estimate of drug-likeness (QED) is 0.922. The Bertz CT molecular complexity index is 510. The van der Waals surface area contributed by atoms with Gasteiger partial charge in [0.2, 0.25) is 0 Å². The van der Waals surface area contributed by atoms with Crippen molar-refractivity contribution in [3.63, 3.8) is 0 Å². The molecule has 2 aromatic rings. The average Bonchev–Trinajstić information content (AvgIpc) is 2.75. The molecule has 0 aliphatic carbocycles. The first-order chi connectivity index (χ1) is 8.66. The standard InChI is InChI=1S/C14H17BrN2O/c1-17-12(8-9-16-17)6-7-13(18)10-11-4-2-3-5-14(11)15/h2-5,8-9,13,18H,6-7,10H2,1H3. The number of hydrogen-bond donors (Lipinski definition) is 1. The van der Waals surface area contributed by atoms with E-state index in [0.717, 1.165) is 28.6 Å². The van der Waals surface area contributed by atoms with E-state index in [0.29, 0.717) is 6.42 Å². The molecule has 18 heavy (non-hydrogen) atoms. The van der Waals surface area contributed by atoms with Crippen molar-refractivity contribution in [3.05, 3.63) is 52.3 Å². The molecule has 2 rings (SSSR count). The molecule has 1 unspecified atom stereocenters. The van der Waals surface area contributed by atoms with E-state index in [2.05, 4.69) is 21.0 Å². The van der Waals surface area contributed by atoms with Gasteiger partial charge in [-0.3, -0.25) is 4.68 Å². The molecule has 3 nitrogen and oxygen atoms in total. The zero-order valence-corrected chi connectivity index (χ0v) is 12.0. The third-order valence-corrected chi connectivity index (χ3v) is 3.84. The molecule has 1 heterocycles. The van der Waals surface area contributed by atoms with Crippen LogP contribution >= 0.6 is 15.9 Å². The summed E-state index contributed by atoms with van der Waals surface area (Å²) in [5.41, 5.74) is 2.30. The Balaban J connectivity index is 1.88. The van der Waals surface area contributed by atoms with Gasteiger partial charge in [0, 0.05) is 23.4 Å². The summed E-state index contributed by atoms with van der Waals surface area (Å²) < 4.78 is 2.91. The monoisotopic (exact) mass is 308 g/mol. The molecule has 1 aromatic heterocycles. The van der Waals surface area contributed by atoms with E-state index < -0.39 is 0 Å². The van der Waals surface area contributed by atoms with Gasteiger partial charge in [0.05, 0.1) is 6.10 Å². The van der Waals surface area contributed by atoms with Gasteiger partial charge in [-0.1, -0.05) is 34.1 Å². The number of halogens is 1. The van der Waals surface area contributed by atoms with Gasteiger partial charge in [-0.05, 0) is 37.0 Å². The minimum Gasteiger partial charge on any atom is -0.393 e. The van der Waals surface area contributed by atoms with E-state index in [1.54, 1.807) is 6.20 Å². The fourth-order valence-corrected chi connectivity index (χ4v) is 2.43. The summed E-state index contributed by atoms with van der Waals surface area (Å²) in [6.07, 6.45) is 3.75. The average molecular weight is 309 g/mol. The van der Waals surface area contributed by atoms with Crippen LogP contribution in [0.5, 0.6) is 0 Å². The van der Waals surface area contributed by atoms with Crippen molar-refractivity contribution < 1.29 is 5.11 Å². The summed E-state index contributed by atoms with van der Waals surface area (Å²) in [7, 11) is 1.93. The van der Waals surface area contributed by atoms with Crippen LogP contribution in [0.15, 0.2) is 41.0 Å². The summed E-state index contributed by atoms with van der Waals surface area (Å²) >= 11 is 3.50. The van der Waals surface area contributed by atoms with Crippen LogP contribution in [0.25, 0.3) is 0 Å². The molecule has 4 heteroatoms. The van der Waals surface area contributed by atoms with E-state index in [4.69, 9.17) is 0 Å². The zero-order valence-electron chi connectivity index (χ0n) is 10.4. The summed E-state index contributed by atoms with van der Waals surface area (Å²) in [5, 5.41) is 14.2. The first-order valence-electron chi connectivity index (χ1n) is 6.05. The molecular formula is C14H17BrN2O. The number of aromatic nitrogens is 2. The maximum atomic E-state index is 10.1. The Hall–Kier alpha value is -1.13. The highest BCUT2D eigenvalue weighted by molar-refractivity contribution is 9.10. The second-order valence-electron chi connectivity index (χ2n) is 4.43. The molecule has 0 aliphatic rings. The molecule has 0 amide bonds. The van der Waals surface area contributed by atoms with Crippen LogP contribution in [0.2, 0.25) is 0 Å². The highest BCUT2D eigenvalue weighted by atomic mass is 79.9. The van der Waals surface area contributed by atoms with Crippen molar-refractivity contribution >= 4 is 15.9 Å². The SMILES string of the molecule is Cn1nccc1CCC(O)Cc1ccccc1Br. The lowest BCUT2D eigenvalue weighted by atomic mass is 10.0. The largest absolute Gasteiger partial charge is 0.393 e. The van der Waals surface area contributed by atoms with Crippen LogP contribution in [0.1, 0.15) is 17.7 Å². The second kappa shape index (κ2) is 6.16. The predicted molar refractivity (Wildman–Crippen MR) is 75.4 cm³/mol. The molecule has 0 saturated heterocycles. The van der Waals surface area contributed by atoms with Crippen molar-refractivity contribution in [3.8, 4) is 0 Å². The van der Waals surface area contributed by atoms with Gasteiger partial charge in [-0.2, -0.15) is 5.10 Å². The molecule has 1 aromatic carbocycles. The molecule has 1 atom stereocenters. The Labute approximate surface area is 116 Å². The van der Waals surface area contributed by atoms with Crippen molar-refractivity contribution in [2.24, 2.45) is 7.05 Å². The summed E-state index contributed by atoms with van der Waals surface area (Å²) in [4.78, 5) is 0. The lowest BCUT2D eigenvalue weighted by molar-refractivity contribution is 0.164. The van der Waals surface area contributed by atoms with E-state index in [1.165, 1.54) is 0 Å². The highest BCUT2D eigenvalue weighted by Gasteiger charge is 2.09. The van der Waals surface area contributed by atoms with Gasteiger partial charge in [0.25, 0.3) is 0 Å². The Kier molecular flexibility index (Phi) is 4.55. The van der Waals surface area contributed by atoms with Gasteiger partial charge in [-0.25, -0.2) is 0 Å². The van der Waals surface area contributed by atoms with Gasteiger partial charge < -0.3 is 5.11 Å². The number of aliphatic hydroxyl groups excluding tert-OH is 1.